The maximum absolute atomic E-state index is 2.42. The fraction of sp³-hybridized carbons (Fsp3) is 0.0566. The van der Waals surface area contributed by atoms with E-state index in [1.165, 1.54) is 77.2 Å². The lowest BCUT2D eigenvalue weighted by atomic mass is 9.82. The zero-order valence-corrected chi connectivity index (χ0v) is 30.5. The molecule has 1 aliphatic carbocycles. The van der Waals surface area contributed by atoms with Gasteiger partial charge < -0.3 is 4.90 Å². The standard InChI is InChI=1S/C53H39N/c1-53(2)50-33-32-45(35-49(50)52-48(20-11-21-51(52)53)39-13-4-3-5-14-39)54(43-28-24-37(25-29-43)42-23-22-36-12-6-7-16-41(36)34-42)44-30-26-40(27-31-44)47-19-10-17-38-15-8-9-18-46(38)47/h3-35H,1-2H3. The number of anilines is 3. The van der Waals surface area contributed by atoms with Gasteiger partial charge in [-0.15, -0.1) is 0 Å². The number of benzene rings is 9. The fourth-order valence-corrected chi connectivity index (χ4v) is 8.68. The van der Waals surface area contributed by atoms with Gasteiger partial charge >= 0.3 is 0 Å². The summed E-state index contributed by atoms with van der Waals surface area (Å²) in [6.07, 6.45) is 0. The van der Waals surface area contributed by atoms with Crippen LogP contribution in [0, 0.1) is 0 Å². The predicted molar refractivity (Wildman–Crippen MR) is 230 cm³/mol. The molecule has 1 aliphatic rings. The third-order valence-electron chi connectivity index (χ3n) is 11.5. The Hall–Kier alpha value is -6.70. The molecule has 54 heavy (non-hydrogen) atoms. The van der Waals surface area contributed by atoms with Crippen LogP contribution >= 0.6 is 0 Å². The Balaban J connectivity index is 1.11. The van der Waals surface area contributed by atoms with E-state index >= 15 is 0 Å². The Morgan fingerprint density at radius 2 is 0.907 bits per heavy atom. The van der Waals surface area contributed by atoms with Crippen LogP contribution in [0.25, 0.3) is 66.1 Å². The van der Waals surface area contributed by atoms with Crippen molar-refractivity contribution in [2.75, 3.05) is 4.90 Å². The first-order chi connectivity index (χ1) is 26.5. The lowest BCUT2D eigenvalue weighted by molar-refractivity contribution is 0.660. The van der Waals surface area contributed by atoms with Crippen LogP contribution in [0.4, 0.5) is 17.1 Å². The van der Waals surface area contributed by atoms with Gasteiger partial charge in [0.2, 0.25) is 0 Å². The van der Waals surface area contributed by atoms with Crippen LogP contribution in [0.2, 0.25) is 0 Å². The smallest absolute Gasteiger partial charge is 0.0468 e. The molecule has 9 aromatic rings. The maximum atomic E-state index is 2.42. The Labute approximate surface area is 317 Å². The highest BCUT2D eigenvalue weighted by Crippen LogP contribution is 2.53. The van der Waals surface area contributed by atoms with Gasteiger partial charge in [-0.3, -0.25) is 0 Å². The molecule has 0 aromatic heterocycles. The maximum Gasteiger partial charge on any atom is 0.0468 e. The van der Waals surface area contributed by atoms with Crippen molar-refractivity contribution in [1.29, 1.82) is 0 Å². The van der Waals surface area contributed by atoms with E-state index in [0.29, 0.717) is 0 Å². The van der Waals surface area contributed by atoms with E-state index in [0.717, 1.165) is 17.1 Å². The lowest BCUT2D eigenvalue weighted by Gasteiger charge is -2.27. The number of rotatable bonds is 6. The van der Waals surface area contributed by atoms with Crippen LogP contribution in [0.15, 0.2) is 200 Å². The summed E-state index contributed by atoms with van der Waals surface area (Å²) in [5, 5.41) is 5.03. The molecule has 0 saturated heterocycles. The van der Waals surface area contributed by atoms with Crippen LogP contribution in [0.1, 0.15) is 25.0 Å². The third kappa shape index (κ3) is 5.32. The zero-order chi connectivity index (χ0) is 36.2. The van der Waals surface area contributed by atoms with E-state index in [4.69, 9.17) is 0 Å². The summed E-state index contributed by atoms with van der Waals surface area (Å²) in [6.45, 7) is 4.73. The number of nitrogens with zero attached hydrogens (tertiary/aromatic N) is 1. The Kier molecular flexibility index (Phi) is 7.56. The van der Waals surface area contributed by atoms with E-state index in [1.54, 1.807) is 0 Å². The van der Waals surface area contributed by atoms with Gasteiger partial charge in [-0.25, -0.2) is 0 Å². The van der Waals surface area contributed by atoms with E-state index in [9.17, 15) is 0 Å². The summed E-state index contributed by atoms with van der Waals surface area (Å²) < 4.78 is 0. The van der Waals surface area contributed by atoms with Gasteiger partial charge in [0.05, 0.1) is 0 Å². The second-order valence-electron chi connectivity index (χ2n) is 15.0. The summed E-state index contributed by atoms with van der Waals surface area (Å²) in [7, 11) is 0. The molecule has 0 heterocycles. The van der Waals surface area contributed by atoms with Crippen molar-refractivity contribution in [2.24, 2.45) is 0 Å². The topological polar surface area (TPSA) is 3.24 Å². The first-order valence-corrected chi connectivity index (χ1v) is 18.8. The average Bonchev–Trinajstić information content (AvgIpc) is 3.47. The van der Waals surface area contributed by atoms with Crippen LogP contribution < -0.4 is 4.90 Å². The molecule has 256 valence electrons. The molecule has 0 saturated carbocycles. The van der Waals surface area contributed by atoms with Crippen molar-refractivity contribution >= 4 is 38.6 Å². The highest BCUT2D eigenvalue weighted by molar-refractivity contribution is 5.98. The Bertz CT molecular complexity index is 2820. The second-order valence-corrected chi connectivity index (χ2v) is 15.0. The quantitative estimate of drug-likeness (QED) is 0.168. The monoisotopic (exact) mass is 689 g/mol. The van der Waals surface area contributed by atoms with E-state index < -0.39 is 0 Å². The van der Waals surface area contributed by atoms with Crippen molar-refractivity contribution in [3.8, 4) is 44.5 Å². The SMILES string of the molecule is CC1(C)c2ccc(N(c3ccc(-c4ccc5ccccc5c4)cc3)c3ccc(-c4cccc5ccccc45)cc3)cc2-c2c(-c3ccccc3)cccc21. The molecule has 1 heteroatoms. The highest BCUT2D eigenvalue weighted by atomic mass is 15.1. The normalized spacial score (nSPS) is 12.8. The molecular weight excluding hydrogens is 651 g/mol. The molecule has 0 atom stereocenters. The Morgan fingerprint density at radius 3 is 1.69 bits per heavy atom. The van der Waals surface area contributed by atoms with Gasteiger partial charge in [-0.2, -0.15) is 0 Å². The summed E-state index contributed by atoms with van der Waals surface area (Å²) >= 11 is 0. The number of hydrogen-bond donors (Lipinski definition) is 0. The van der Waals surface area contributed by atoms with Crippen LogP contribution in [-0.2, 0) is 5.41 Å². The van der Waals surface area contributed by atoms with Gasteiger partial charge in [0.25, 0.3) is 0 Å². The minimum absolute atomic E-state index is 0.111. The first-order valence-electron chi connectivity index (χ1n) is 18.8. The first kappa shape index (κ1) is 32.0. The van der Waals surface area contributed by atoms with Crippen molar-refractivity contribution in [1.82, 2.24) is 0 Å². The lowest BCUT2D eigenvalue weighted by Crippen LogP contribution is -2.15. The molecule has 0 spiro atoms. The van der Waals surface area contributed by atoms with E-state index in [1.807, 2.05) is 0 Å². The predicted octanol–water partition coefficient (Wildman–Crippen LogP) is 14.8. The van der Waals surface area contributed by atoms with E-state index in [2.05, 4.69) is 219 Å². The average molecular weight is 690 g/mol. The largest absolute Gasteiger partial charge is 0.310 e. The van der Waals surface area contributed by atoms with Crippen molar-refractivity contribution < 1.29 is 0 Å². The van der Waals surface area contributed by atoms with Crippen LogP contribution in [-0.4, -0.2) is 0 Å². The van der Waals surface area contributed by atoms with Gasteiger partial charge in [0.1, 0.15) is 0 Å². The molecule has 0 N–H and O–H groups in total. The summed E-state index contributed by atoms with van der Waals surface area (Å²) in [6, 6.07) is 73.4. The molecule has 1 nitrogen and oxygen atoms in total. The molecule has 0 radical (unpaired) electrons. The summed E-state index contributed by atoms with van der Waals surface area (Å²) in [4.78, 5) is 2.41. The molecule has 10 rings (SSSR count). The zero-order valence-electron chi connectivity index (χ0n) is 30.5. The van der Waals surface area contributed by atoms with Gasteiger partial charge in [0, 0.05) is 22.5 Å². The number of hydrogen-bond acceptors (Lipinski definition) is 1. The van der Waals surface area contributed by atoms with Crippen molar-refractivity contribution in [2.45, 2.75) is 19.3 Å². The molecule has 9 aromatic carbocycles. The molecule has 0 unspecified atom stereocenters. The fourth-order valence-electron chi connectivity index (χ4n) is 8.68. The molecule has 0 fully saturated rings. The summed E-state index contributed by atoms with van der Waals surface area (Å²) in [5.41, 5.74) is 16.0. The minimum atomic E-state index is -0.111. The molecule has 0 bridgehead atoms. The third-order valence-corrected chi connectivity index (χ3v) is 11.5. The number of fused-ring (bicyclic) bond motifs is 5. The highest BCUT2D eigenvalue weighted by Gasteiger charge is 2.37. The molecule has 0 amide bonds. The van der Waals surface area contributed by atoms with Gasteiger partial charge in [-0.05, 0) is 120 Å². The van der Waals surface area contributed by atoms with Crippen LogP contribution in [0.3, 0.4) is 0 Å². The van der Waals surface area contributed by atoms with Gasteiger partial charge in [-0.1, -0.05) is 172 Å². The Morgan fingerprint density at radius 1 is 0.333 bits per heavy atom. The molecular formula is C53H39N. The van der Waals surface area contributed by atoms with Crippen molar-refractivity contribution in [3.63, 3.8) is 0 Å². The van der Waals surface area contributed by atoms with Gasteiger partial charge in [0.15, 0.2) is 0 Å². The van der Waals surface area contributed by atoms with Crippen LogP contribution in [0.5, 0.6) is 0 Å². The van der Waals surface area contributed by atoms with E-state index in [-0.39, 0.29) is 5.41 Å². The van der Waals surface area contributed by atoms with Crippen molar-refractivity contribution in [3.05, 3.63) is 211 Å². The second kappa shape index (κ2) is 12.8. The summed E-state index contributed by atoms with van der Waals surface area (Å²) in [5.74, 6) is 0. The molecule has 0 aliphatic heterocycles. The minimum Gasteiger partial charge on any atom is -0.310 e.